The van der Waals surface area contributed by atoms with E-state index in [1.54, 1.807) is 0 Å². The van der Waals surface area contributed by atoms with Crippen molar-refractivity contribution in [1.29, 1.82) is 0 Å². The van der Waals surface area contributed by atoms with E-state index in [1.807, 2.05) is 0 Å². The Morgan fingerprint density at radius 2 is 2.14 bits per heavy atom. The largest absolute Gasteiger partial charge is 0.480 e. The van der Waals surface area contributed by atoms with Crippen LogP contribution in [0.3, 0.4) is 0 Å². The number of nitrogens with one attached hydrogen (secondary N) is 1. The standard InChI is InChI=1S/C8H11F2NO3/c1-4(12)11-6(7(13)14)2-5-3-8(5,9)10/h5-6H,2-3H2,1H3,(H,11,12)(H,13,14)/t5?,6-/m1/s1. The molecular weight excluding hydrogens is 196 g/mol. The van der Waals surface area contributed by atoms with Gasteiger partial charge in [0.1, 0.15) is 6.04 Å². The van der Waals surface area contributed by atoms with Gasteiger partial charge in [0.2, 0.25) is 5.91 Å². The van der Waals surface area contributed by atoms with E-state index in [0.717, 1.165) is 6.92 Å². The zero-order valence-corrected chi connectivity index (χ0v) is 7.59. The Morgan fingerprint density at radius 3 is 2.43 bits per heavy atom. The Labute approximate surface area is 79.3 Å². The fourth-order valence-electron chi connectivity index (χ4n) is 1.28. The normalized spacial score (nSPS) is 25.2. The van der Waals surface area contributed by atoms with E-state index in [-0.39, 0.29) is 12.8 Å². The molecule has 80 valence electrons. The molecule has 6 heteroatoms. The van der Waals surface area contributed by atoms with Crippen LogP contribution in [0.15, 0.2) is 0 Å². The molecule has 0 bridgehead atoms. The number of alkyl halides is 2. The molecule has 4 nitrogen and oxygen atoms in total. The molecule has 1 aliphatic carbocycles. The van der Waals surface area contributed by atoms with Crippen molar-refractivity contribution in [3.63, 3.8) is 0 Å². The molecule has 0 saturated heterocycles. The van der Waals surface area contributed by atoms with Crippen molar-refractivity contribution in [3.05, 3.63) is 0 Å². The highest BCUT2D eigenvalue weighted by Gasteiger charge is 2.57. The Kier molecular flexibility index (Phi) is 2.73. The summed E-state index contributed by atoms with van der Waals surface area (Å²) in [5.74, 6) is -5.45. The SMILES string of the molecule is CC(=O)N[C@H](CC1CC1(F)F)C(=O)O. The summed E-state index contributed by atoms with van der Waals surface area (Å²) in [5.41, 5.74) is 0. The summed E-state index contributed by atoms with van der Waals surface area (Å²) < 4.78 is 24.9. The lowest BCUT2D eigenvalue weighted by atomic mass is 10.1. The Balaban J connectivity index is 2.45. The molecule has 14 heavy (non-hydrogen) atoms. The third-order valence-corrected chi connectivity index (χ3v) is 2.15. The van der Waals surface area contributed by atoms with E-state index < -0.39 is 29.8 Å². The van der Waals surface area contributed by atoms with Crippen molar-refractivity contribution in [1.82, 2.24) is 5.32 Å². The average molecular weight is 207 g/mol. The van der Waals surface area contributed by atoms with E-state index in [9.17, 15) is 18.4 Å². The smallest absolute Gasteiger partial charge is 0.326 e. The van der Waals surface area contributed by atoms with Gasteiger partial charge >= 0.3 is 5.97 Å². The minimum Gasteiger partial charge on any atom is -0.480 e. The van der Waals surface area contributed by atoms with Crippen molar-refractivity contribution in [2.75, 3.05) is 0 Å². The molecule has 2 atom stereocenters. The first-order chi connectivity index (χ1) is 6.33. The quantitative estimate of drug-likeness (QED) is 0.710. The van der Waals surface area contributed by atoms with Gasteiger partial charge in [-0.25, -0.2) is 13.6 Å². The molecule has 1 rings (SSSR count). The summed E-state index contributed by atoms with van der Waals surface area (Å²) in [5, 5.41) is 10.7. The first-order valence-electron chi connectivity index (χ1n) is 4.20. The third-order valence-electron chi connectivity index (χ3n) is 2.15. The van der Waals surface area contributed by atoms with Gasteiger partial charge in [-0.2, -0.15) is 0 Å². The maximum Gasteiger partial charge on any atom is 0.326 e. The van der Waals surface area contributed by atoms with Gasteiger partial charge in [0.25, 0.3) is 5.92 Å². The minimum absolute atomic E-state index is 0.206. The highest BCUT2D eigenvalue weighted by atomic mass is 19.3. The van der Waals surface area contributed by atoms with Crippen LogP contribution in [0.4, 0.5) is 8.78 Å². The van der Waals surface area contributed by atoms with E-state index in [1.165, 1.54) is 0 Å². The Morgan fingerprint density at radius 1 is 1.64 bits per heavy atom. The summed E-state index contributed by atoms with van der Waals surface area (Å²) in [6, 6.07) is -1.20. The van der Waals surface area contributed by atoms with Gasteiger partial charge in [0.05, 0.1) is 0 Å². The van der Waals surface area contributed by atoms with Gasteiger partial charge in [-0.1, -0.05) is 0 Å². The number of rotatable bonds is 4. The average Bonchev–Trinajstić information content (AvgIpc) is 2.56. The number of carbonyl (C=O) groups is 2. The second-order valence-corrected chi connectivity index (χ2v) is 3.49. The molecular formula is C8H11F2NO3. The third kappa shape index (κ3) is 2.65. The monoisotopic (exact) mass is 207 g/mol. The summed E-state index contributed by atoms with van der Waals surface area (Å²) in [4.78, 5) is 21.1. The molecule has 2 N–H and O–H groups in total. The van der Waals surface area contributed by atoms with Gasteiger partial charge in [-0.15, -0.1) is 0 Å². The lowest BCUT2D eigenvalue weighted by molar-refractivity contribution is -0.142. The molecule has 1 aliphatic rings. The van der Waals surface area contributed by atoms with Crippen LogP contribution >= 0.6 is 0 Å². The second-order valence-electron chi connectivity index (χ2n) is 3.49. The molecule has 0 aromatic rings. The van der Waals surface area contributed by atoms with Crippen LogP contribution in [0, 0.1) is 5.92 Å². The van der Waals surface area contributed by atoms with Crippen molar-refractivity contribution in [2.45, 2.75) is 31.7 Å². The zero-order valence-electron chi connectivity index (χ0n) is 7.59. The van der Waals surface area contributed by atoms with Gasteiger partial charge < -0.3 is 10.4 Å². The van der Waals surface area contributed by atoms with Crippen molar-refractivity contribution in [3.8, 4) is 0 Å². The van der Waals surface area contributed by atoms with Crippen molar-refractivity contribution >= 4 is 11.9 Å². The van der Waals surface area contributed by atoms with Crippen LogP contribution in [0.5, 0.6) is 0 Å². The lowest BCUT2D eigenvalue weighted by Crippen LogP contribution is -2.40. The molecule has 0 aromatic carbocycles. The van der Waals surface area contributed by atoms with Gasteiger partial charge in [0, 0.05) is 19.3 Å². The van der Waals surface area contributed by atoms with Crippen LogP contribution < -0.4 is 5.32 Å². The molecule has 1 fully saturated rings. The van der Waals surface area contributed by atoms with Gasteiger partial charge in [0.15, 0.2) is 0 Å². The molecule has 1 unspecified atom stereocenters. The van der Waals surface area contributed by atoms with Crippen LogP contribution in [0.25, 0.3) is 0 Å². The van der Waals surface area contributed by atoms with Crippen LogP contribution in [0.2, 0.25) is 0 Å². The molecule has 0 aromatic heterocycles. The molecule has 0 radical (unpaired) electrons. The van der Waals surface area contributed by atoms with Crippen molar-refractivity contribution < 1.29 is 23.5 Å². The highest BCUT2D eigenvalue weighted by Crippen LogP contribution is 2.51. The molecule has 0 aliphatic heterocycles. The topological polar surface area (TPSA) is 66.4 Å². The predicted octanol–water partition coefficient (Wildman–Crippen LogP) is 0.621. The number of carbonyl (C=O) groups excluding carboxylic acids is 1. The highest BCUT2D eigenvalue weighted by molar-refractivity contribution is 5.82. The van der Waals surface area contributed by atoms with Gasteiger partial charge in [-0.3, -0.25) is 4.79 Å². The van der Waals surface area contributed by atoms with Crippen LogP contribution in [-0.4, -0.2) is 28.9 Å². The predicted molar refractivity (Wildman–Crippen MR) is 42.9 cm³/mol. The summed E-state index contributed by atoms with van der Waals surface area (Å²) in [6.07, 6.45) is -0.488. The summed E-state index contributed by atoms with van der Waals surface area (Å²) in [6.45, 7) is 1.15. The summed E-state index contributed by atoms with van der Waals surface area (Å²) >= 11 is 0. The maximum absolute atomic E-state index is 12.5. The number of aliphatic carboxylic acids is 1. The molecule has 1 saturated carbocycles. The van der Waals surface area contributed by atoms with Crippen molar-refractivity contribution in [2.24, 2.45) is 5.92 Å². The number of hydrogen-bond acceptors (Lipinski definition) is 2. The van der Waals surface area contributed by atoms with E-state index in [4.69, 9.17) is 5.11 Å². The molecule has 0 heterocycles. The zero-order chi connectivity index (χ0) is 10.9. The number of carboxylic acid groups (broad SMARTS) is 1. The second kappa shape index (κ2) is 3.51. The number of halogens is 2. The first kappa shape index (κ1) is 10.9. The number of amides is 1. The molecule has 1 amide bonds. The Bertz CT molecular complexity index is 267. The number of carboxylic acids is 1. The fraction of sp³-hybridized carbons (Fsp3) is 0.750. The summed E-state index contributed by atoms with van der Waals surface area (Å²) in [7, 11) is 0. The van der Waals surface area contributed by atoms with Crippen LogP contribution in [-0.2, 0) is 9.59 Å². The van der Waals surface area contributed by atoms with E-state index in [0.29, 0.717) is 0 Å². The van der Waals surface area contributed by atoms with Crippen LogP contribution in [0.1, 0.15) is 19.8 Å². The fourth-order valence-corrected chi connectivity index (χ4v) is 1.28. The van der Waals surface area contributed by atoms with Gasteiger partial charge in [-0.05, 0) is 6.42 Å². The van der Waals surface area contributed by atoms with E-state index in [2.05, 4.69) is 5.32 Å². The molecule has 0 spiro atoms. The van der Waals surface area contributed by atoms with E-state index >= 15 is 0 Å². The Hall–Kier alpha value is -1.20. The first-order valence-corrected chi connectivity index (χ1v) is 4.20. The maximum atomic E-state index is 12.5. The number of hydrogen-bond donors (Lipinski definition) is 2. The lowest BCUT2D eigenvalue weighted by Gasteiger charge is -2.12. The minimum atomic E-state index is -2.74.